The van der Waals surface area contributed by atoms with E-state index < -0.39 is 0 Å². The van der Waals surface area contributed by atoms with E-state index in [1.54, 1.807) is 6.20 Å². The lowest BCUT2D eigenvalue weighted by molar-refractivity contribution is 0.102. The van der Waals surface area contributed by atoms with Gasteiger partial charge in [-0.25, -0.2) is 4.68 Å². The number of nitrogens with zero attached hydrogens (tertiary/aromatic N) is 3. The van der Waals surface area contributed by atoms with Gasteiger partial charge >= 0.3 is 0 Å². The highest BCUT2D eigenvalue weighted by molar-refractivity contribution is 6.03. The third kappa shape index (κ3) is 4.99. The van der Waals surface area contributed by atoms with E-state index in [9.17, 15) is 9.90 Å². The first-order valence-electron chi connectivity index (χ1n) is 12.9. The van der Waals surface area contributed by atoms with E-state index in [4.69, 9.17) is 0 Å². The number of aliphatic hydroxyl groups is 1. The van der Waals surface area contributed by atoms with Crippen LogP contribution in [0.4, 0.5) is 22.7 Å². The van der Waals surface area contributed by atoms with Crippen LogP contribution < -0.4 is 15.5 Å². The number of carbonyl (C=O) groups is 1. The Bertz CT molecular complexity index is 1560. The van der Waals surface area contributed by atoms with E-state index in [-0.39, 0.29) is 12.0 Å². The first-order valence-corrected chi connectivity index (χ1v) is 12.9. The molecule has 38 heavy (non-hydrogen) atoms. The van der Waals surface area contributed by atoms with Gasteiger partial charge in [0.2, 0.25) is 0 Å². The second-order valence-corrected chi connectivity index (χ2v) is 9.81. The van der Waals surface area contributed by atoms with Gasteiger partial charge in [0.15, 0.2) is 0 Å². The molecule has 8 nitrogen and oxygen atoms in total. The summed E-state index contributed by atoms with van der Waals surface area (Å²) in [5.41, 5.74) is 7.37. The van der Waals surface area contributed by atoms with E-state index in [1.807, 2.05) is 54.2 Å². The van der Waals surface area contributed by atoms with E-state index >= 15 is 0 Å². The standard InChI is InChI=1S/C30H30N6O2/c1-20-16-28(31-18-20)30(38)34-23-4-9-26(10-5-23)36-29-11-6-24(17-21(29)19-32-36)33-22-2-7-25(8-3-22)35-14-12-27(37)13-15-35/h2-11,16-19,27,31,33,37H,12-15H2,1H3,(H,34,38). The van der Waals surface area contributed by atoms with Crippen LogP contribution in [0, 0.1) is 6.92 Å². The van der Waals surface area contributed by atoms with Gasteiger partial charge in [-0.15, -0.1) is 0 Å². The Hall–Kier alpha value is -4.56. The molecule has 1 fully saturated rings. The quantitative estimate of drug-likeness (QED) is 0.240. The maximum Gasteiger partial charge on any atom is 0.272 e. The Kier molecular flexibility index (Phi) is 6.31. The van der Waals surface area contributed by atoms with Crippen molar-refractivity contribution in [2.45, 2.75) is 25.9 Å². The first-order chi connectivity index (χ1) is 18.5. The van der Waals surface area contributed by atoms with Crippen molar-refractivity contribution < 1.29 is 9.90 Å². The Balaban J connectivity index is 1.13. The number of benzene rings is 3. The monoisotopic (exact) mass is 506 g/mol. The molecular weight excluding hydrogens is 476 g/mol. The van der Waals surface area contributed by atoms with Gasteiger partial charge < -0.3 is 25.6 Å². The van der Waals surface area contributed by atoms with Crippen LogP contribution in [0.2, 0.25) is 0 Å². The number of rotatable bonds is 6. The molecule has 0 saturated carbocycles. The number of piperidine rings is 1. The molecule has 3 aromatic carbocycles. The van der Waals surface area contributed by atoms with Crippen LogP contribution in [0.3, 0.4) is 0 Å². The highest BCUT2D eigenvalue weighted by Crippen LogP contribution is 2.27. The van der Waals surface area contributed by atoms with Crippen LogP contribution in [-0.2, 0) is 0 Å². The third-order valence-electron chi connectivity index (χ3n) is 7.00. The van der Waals surface area contributed by atoms with Crippen molar-refractivity contribution in [2.24, 2.45) is 0 Å². The van der Waals surface area contributed by atoms with E-state index in [0.717, 1.165) is 65.1 Å². The van der Waals surface area contributed by atoms with Gasteiger partial charge in [-0.05, 0) is 98.1 Å². The lowest BCUT2D eigenvalue weighted by Gasteiger charge is -2.31. The van der Waals surface area contributed by atoms with Crippen LogP contribution in [0.15, 0.2) is 85.2 Å². The van der Waals surface area contributed by atoms with Gasteiger partial charge in [-0.1, -0.05) is 0 Å². The zero-order valence-corrected chi connectivity index (χ0v) is 21.2. The minimum absolute atomic E-state index is 0.169. The van der Waals surface area contributed by atoms with Gasteiger partial charge in [-0.2, -0.15) is 5.10 Å². The first kappa shape index (κ1) is 23.8. The Morgan fingerprint density at radius 2 is 1.61 bits per heavy atom. The summed E-state index contributed by atoms with van der Waals surface area (Å²) in [7, 11) is 0. The maximum atomic E-state index is 12.4. The normalized spacial score (nSPS) is 14.1. The molecule has 1 amide bonds. The smallest absolute Gasteiger partial charge is 0.272 e. The number of fused-ring (bicyclic) bond motifs is 1. The second-order valence-electron chi connectivity index (χ2n) is 9.81. The molecule has 2 aromatic heterocycles. The van der Waals surface area contributed by atoms with E-state index in [0.29, 0.717) is 5.69 Å². The molecule has 5 aromatic rings. The molecule has 0 radical (unpaired) electrons. The molecule has 0 spiro atoms. The summed E-state index contributed by atoms with van der Waals surface area (Å²) >= 11 is 0. The third-order valence-corrected chi connectivity index (χ3v) is 7.00. The van der Waals surface area contributed by atoms with Gasteiger partial charge in [0.05, 0.1) is 23.5 Å². The van der Waals surface area contributed by atoms with E-state index in [1.165, 1.54) is 5.69 Å². The molecule has 3 heterocycles. The fraction of sp³-hybridized carbons (Fsp3) is 0.200. The topological polar surface area (TPSA) is 98.2 Å². The van der Waals surface area contributed by atoms with Crippen LogP contribution in [0.25, 0.3) is 16.6 Å². The number of aromatic amines is 1. The van der Waals surface area contributed by atoms with Crippen molar-refractivity contribution in [1.29, 1.82) is 0 Å². The summed E-state index contributed by atoms with van der Waals surface area (Å²) in [4.78, 5) is 17.7. The molecule has 0 aliphatic carbocycles. The highest BCUT2D eigenvalue weighted by atomic mass is 16.3. The summed E-state index contributed by atoms with van der Waals surface area (Å²) in [6.45, 7) is 3.72. The minimum Gasteiger partial charge on any atom is -0.393 e. The van der Waals surface area contributed by atoms with Crippen LogP contribution in [0.1, 0.15) is 28.9 Å². The van der Waals surface area contributed by atoms with Gasteiger partial charge in [0.1, 0.15) is 5.69 Å². The van der Waals surface area contributed by atoms with Crippen molar-refractivity contribution in [3.05, 3.63) is 96.4 Å². The van der Waals surface area contributed by atoms with Crippen molar-refractivity contribution in [2.75, 3.05) is 28.6 Å². The van der Waals surface area contributed by atoms with Crippen molar-refractivity contribution in [3.63, 3.8) is 0 Å². The number of amides is 1. The van der Waals surface area contributed by atoms with Crippen LogP contribution in [0.5, 0.6) is 0 Å². The van der Waals surface area contributed by atoms with Gasteiger partial charge in [-0.3, -0.25) is 4.79 Å². The van der Waals surface area contributed by atoms with Crippen molar-refractivity contribution in [1.82, 2.24) is 14.8 Å². The number of carbonyl (C=O) groups excluding carboxylic acids is 1. The van der Waals surface area contributed by atoms with Crippen LogP contribution >= 0.6 is 0 Å². The molecule has 0 atom stereocenters. The summed E-state index contributed by atoms with van der Waals surface area (Å²) in [6.07, 6.45) is 5.14. The highest BCUT2D eigenvalue weighted by Gasteiger charge is 2.17. The fourth-order valence-corrected chi connectivity index (χ4v) is 4.88. The van der Waals surface area contributed by atoms with Crippen molar-refractivity contribution in [3.8, 4) is 5.69 Å². The average Bonchev–Trinajstić information content (AvgIpc) is 3.56. The van der Waals surface area contributed by atoms with Gasteiger partial charge in [0, 0.05) is 47.4 Å². The average molecular weight is 507 g/mol. The molecule has 1 aliphatic heterocycles. The number of aliphatic hydroxyl groups excluding tert-OH is 1. The number of anilines is 4. The number of hydrogen-bond acceptors (Lipinski definition) is 5. The zero-order chi connectivity index (χ0) is 26.1. The summed E-state index contributed by atoms with van der Waals surface area (Å²) in [6, 6.07) is 24.1. The number of aryl methyl sites for hydroxylation is 1. The largest absolute Gasteiger partial charge is 0.393 e. The lowest BCUT2D eigenvalue weighted by Crippen LogP contribution is -2.35. The Morgan fingerprint density at radius 3 is 2.32 bits per heavy atom. The fourth-order valence-electron chi connectivity index (χ4n) is 4.88. The van der Waals surface area contributed by atoms with E-state index in [2.05, 4.69) is 62.0 Å². The zero-order valence-electron chi connectivity index (χ0n) is 21.2. The maximum absolute atomic E-state index is 12.4. The molecule has 0 bridgehead atoms. The minimum atomic E-state index is -0.170. The molecule has 4 N–H and O–H groups in total. The predicted octanol–water partition coefficient (Wildman–Crippen LogP) is 5.62. The summed E-state index contributed by atoms with van der Waals surface area (Å²) < 4.78 is 1.89. The SMILES string of the molecule is Cc1c[nH]c(C(=O)Nc2ccc(-n3ncc4cc(Nc5ccc(N6CCC(O)CC6)cc5)ccc43)cc2)c1. The molecule has 1 saturated heterocycles. The molecule has 192 valence electrons. The molecule has 0 unspecified atom stereocenters. The number of H-pyrrole nitrogens is 1. The predicted molar refractivity (Wildman–Crippen MR) is 152 cm³/mol. The summed E-state index contributed by atoms with van der Waals surface area (Å²) in [5, 5.41) is 21.8. The number of nitrogens with one attached hydrogen (secondary N) is 3. The number of aromatic nitrogens is 3. The van der Waals surface area contributed by atoms with Crippen molar-refractivity contribution >= 4 is 39.6 Å². The molecular formula is C30H30N6O2. The Labute approximate surface area is 220 Å². The molecule has 8 heteroatoms. The molecule has 1 aliphatic rings. The lowest BCUT2D eigenvalue weighted by atomic mass is 10.1. The molecule has 6 rings (SSSR count). The Morgan fingerprint density at radius 1 is 0.921 bits per heavy atom. The summed E-state index contributed by atoms with van der Waals surface area (Å²) in [5.74, 6) is -0.170. The number of hydrogen-bond donors (Lipinski definition) is 4. The second kappa shape index (κ2) is 10.1. The van der Waals surface area contributed by atoms with Crippen LogP contribution in [-0.4, -0.2) is 45.0 Å². The van der Waals surface area contributed by atoms with Gasteiger partial charge in [0.25, 0.3) is 5.91 Å².